The van der Waals surface area contributed by atoms with E-state index in [1.807, 2.05) is 19.9 Å². The summed E-state index contributed by atoms with van der Waals surface area (Å²) in [5, 5.41) is 12.1. The van der Waals surface area contributed by atoms with Crippen molar-refractivity contribution in [1.29, 1.82) is 0 Å². The van der Waals surface area contributed by atoms with Crippen LogP contribution in [0, 0.1) is 0 Å². The number of amidine groups is 2. The van der Waals surface area contributed by atoms with Crippen LogP contribution in [0.3, 0.4) is 0 Å². The van der Waals surface area contributed by atoms with Gasteiger partial charge in [-0.2, -0.15) is 4.31 Å². The van der Waals surface area contributed by atoms with Crippen molar-refractivity contribution in [1.82, 2.24) is 9.21 Å². The summed E-state index contributed by atoms with van der Waals surface area (Å²) in [5.74, 6) is 0.448. The number of piperazine rings is 1. The van der Waals surface area contributed by atoms with Gasteiger partial charge >= 0.3 is 0 Å². The maximum atomic E-state index is 13.0. The SMILES string of the molecule is CC[C@@H](N=C(N)C(N)=Nc1csc(S(=O)(=O)N2CCN(CC)CC2)c1O)c1cc(C(C)C)co1. The number of sulfonamides is 1. The third-order valence-electron chi connectivity index (χ3n) is 5.89. The average Bonchev–Trinajstić information content (AvgIpc) is 3.45. The third kappa shape index (κ3) is 5.62. The average molecular weight is 511 g/mol. The molecule has 3 rings (SSSR count). The summed E-state index contributed by atoms with van der Waals surface area (Å²) in [6, 6.07) is 1.61. The van der Waals surface area contributed by atoms with Crippen LogP contribution in [-0.2, 0) is 10.0 Å². The Morgan fingerprint density at radius 1 is 1.21 bits per heavy atom. The van der Waals surface area contributed by atoms with Crippen LogP contribution in [0.2, 0.25) is 0 Å². The molecule has 1 aliphatic rings. The van der Waals surface area contributed by atoms with Gasteiger partial charge < -0.3 is 25.9 Å². The van der Waals surface area contributed by atoms with E-state index in [0.717, 1.165) is 23.4 Å². The summed E-state index contributed by atoms with van der Waals surface area (Å²) < 4.78 is 33.0. The van der Waals surface area contributed by atoms with Gasteiger partial charge in [-0.1, -0.05) is 27.7 Å². The number of furan rings is 1. The first-order valence-electron chi connectivity index (χ1n) is 11.4. The normalized spacial score (nSPS) is 18.0. The molecule has 0 aliphatic carbocycles. The number of nitrogens with two attached hydrogens (primary N) is 2. The van der Waals surface area contributed by atoms with Crippen LogP contribution in [0.5, 0.6) is 5.75 Å². The minimum Gasteiger partial charge on any atom is -0.504 e. The Morgan fingerprint density at radius 3 is 2.44 bits per heavy atom. The van der Waals surface area contributed by atoms with Crippen molar-refractivity contribution in [3.63, 3.8) is 0 Å². The Labute approximate surface area is 205 Å². The number of aromatic hydroxyl groups is 1. The van der Waals surface area contributed by atoms with E-state index in [1.54, 1.807) is 6.26 Å². The van der Waals surface area contributed by atoms with Crippen molar-refractivity contribution in [3.05, 3.63) is 29.0 Å². The molecule has 0 radical (unpaired) electrons. The molecule has 12 heteroatoms. The van der Waals surface area contributed by atoms with Gasteiger partial charge in [0.1, 0.15) is 17.5 Å². The number of rotatable bonds is 8. The summed E-state index contributed by atoms with van der Waals surface area (Å²) in [4.78, 5) is 10.8. The predicted octanol–water partition coefficient (Wildman–Crippen LogP) is 2.99. The molecule has 0 unspecified atom stereocenters. The van der Waals surface area contributed by atoms with Crippen LogP contribution in [0.1, 0.15) is 57.4 Å². The molecule has 2 aromatic rings. The Morgan fingerprint density at radius 2 is 1.88 bits per heavy atom. The van der Waals surface area contributed by atoms with Crippen molar-refractivity contribution >= 4 is 38.7 Å². The van der Waals surface area contributed by atoms with E-state index in [9.17, 15) is 13.5 Å². The number of likely N-dealkylation sites (N-methyl/N-ethyl adjacent to an activating group) is 1. The lowest BCUT2D eigenvalue weighted by molar-refractivity contribution is 0.196. The van der Waals surface area contributed by atoms with Crippen LogP contribution in [0.25, 0.3) is 0 Å². The van der Waals surface area contributed by atoms with Gasteiger partial charge in [-0.25, -0.2) is 13.4 Å². The molecule has 1 fully saturated rings. The van der Waals surface area contributed by atoms with Crippen molar-refractivity contribution < 1.29 is 17.9 Å². The summed E-state index contributed by atoms with van der Waals surface area (Å²) in [5.41, 5.74) is 13.2. The maximum absolute atomic E-state index is 13.0. The minimum atomic E-state index is -3.83. The van der Waals surface area contributed by atoms with Gasteiger partial charge in [0.2, 0.25) is 0 Å². The van der Waals surface area contributed by atoms with E-state index in [-0.39, 0.29) is 27.6 Å². The van der Waals surface area contributed by atoms with Crippen molar-refractivity contribution in [3.8, 4) is 5.75 Å². The molecule has 0 saturated carbocycles. The first-order chi connectivity index (χ1) is 16.1. The Hall–Kier alpha value is -2.41. The van der Waals surface area contributed by atoms with Gasteiger partial charge in [-0.15, -0.1) is 11.3 Å². The van der Waals surface area contributed by atoms with Crippen molar-refractivity contribution in [2.24, 2.45) is 21.5 Å². The molecular formula is C22H34N6O4S2. The molecule has 1 atom stereocenters. The Kier molecular flexibility index (Phi) is 8.39. The molecule has 2 aromatic heterocycles. The van der Waals surface area contributed by atoms with Gasteiger partial charge in [0.25, 0.3) is 10.0 Å². The van der Waals surface area contributed by atoms with E-state index in [0.29, 0.717) is 44.3 Å². The number of hydrogen-bond donors (Lipinski definition) is 3. The predicted molar refractivity (Wildman–Crippen MR) is 136 cm³/mol. The van der Waals surface area contributed by atoms with Crippen molar-refractivity contribution in [2.75, 3.05) is 32.7 Å². The highest BCUT2D eigenvalue weighted by atomic mass is 32.2. The Bertz CT molecular complexity index is 1140. The Balaban J connectivity index is 1.80. The summed E-state index contributed by atoms with van der Waals surface area (Å²) in [7, 11) is -3.83. The second kappa shape index (κ2) is 10.9. The lowest BCUT2D eigenvalue weighted by Crippen LogP contribution is -2.48. The summed E-state index contributed by atoms with van der Waals surface area (Å²) in [6.07, 6.45) is 2.34. The largest absolute Gasteiger partial charge is 0.504 e. The van der Waals surface area contributed by atoms with Gasteiger partial charge in [0.05, 0.1) is 6.26 Å². The smallest absolute Gasteiger partial charge is 0.256 e. The quantitative estimate of drug-likeness (QED) is 0.365. The molecular weight excluding hydrogens is 476 g/mol. The molecule has 0 spiro atoms. The monoisotopic (exact) mass is 510 g/mol. The fraction of sp³-hybridized carbons (Fsp3) is 0.545. The highest BCUT2D eigenvalue weighted by Gasteiger charge is 2.32. The van der Waals surface area contributed by atoms with E-state index in [1.165, 1.54) is 9.69 Å². The number of thiophene rings is 1. The summed E-state index contributed by atoms with van der Waals surface area (Å²) in [6.45, 7) is 11.1. The number of aliphatic imine (C=N–C) groups is 2. The fourth-order valence-corrected chi connectivity index (χ4v) is 6.39. The molecule has 188 valence electrons. The summed E-state index contributed by atoms with van der Waals surface area (Å²) >= 11 is 0.906. The van der Waals surface area contributed by atoms with E-state index < -0.39 is 15.8 Å². The first kappa shape index (κ1) is 26.2. The molecule has 1 saturated heterocycles. The highest BCUT2D eigenvalue weighted by Crippen LogP contribution is 2.41. The van der Waals surface area contributed by atoms with E-state index in [4.69, 9.17) is 15.9 Å². The van der Waals surface area contributed by atoms with E-state index in [2.05, 4.69) is 28.7 Å². The molecule has 0 bridgehead atoms. The van der Waals surface area contributed by atoms with Gasteiger partial charge in [0.15, 0.2) is 21.6 Å². The van der Waals surface area contributed by atoms with Crippen LogP contribution in [-0.4, -0.2) is 67.1 Å². The molecule has 10 nitrogen and oxygen atoms in total. The topological polar surface area (TPSA) is 151 Å². The number of hydrogen-bond acceptors (Lipinski definition) is 8. The third-order valence-corrected chi connectivity index (χ3v) is 9.26. The molecule has 1 aliphatic heterocycles. The van der Waals surface area contributed by atoms with Crippen LogP contribution >= 0.6 is 11.3 Å². The van der Waals surface area contributed by atoms with Gasteiger partial charge in [0, 0.05) is 31.6 Å². The molecule has 3 heterocycles. The van der Waals surface area contributed by atoms with Crippen LogP contribution in [0.4, 0.5) is 5.69 Å². The lowest BCUT2D eigenvalue weighted by atomic mass is 10.1. The maximum Gasteiger partial charge on any atom is 0.256 e. The van der Waals surface area contributed by atoms with Crippen LogP contribution in [0.15, 0.2) is 36.3 Å². The zero-order valence-corrected chi connectivity index (χ0v) is 21.7. The molecule has 0 aromatic carbocycles. The lowest BCUT2D eigenvalue weighted by Gasteiger charge is -2.32. The molecule has 34 heavy (non-hydrogen) atoms. The van der Waals surface area contributed by atoms with E-state index >= 15 is 0 Å². The molecule has 5 N–H and O–H groups in total. The first-order valence-corrected chi connectivity index (χ1v) is 13.7. The standard InChI is InChI=1S/C22H34N6O4S2/c1-5-16(18-11-15(12-32-18)14(3)4)25-20(23)21(24)26-17-13-33-22(19(17)29)34(30,31)28-9-7-27(6-2)8-10-28/h11-14,16,29H,5-10H2,1-4H3,(H2,23,25)(H2,24,26)/t16-/m1/s1. The van der Waals surface area contributed by atoms with Crippen LogP contribution < -0.4 is 11.5 Å². The fourth-order valence-electron chi connectivity index (χ4n) is 3.61. The van der Waals surface area contributed by atoms with Gasteiger partial charge in [-0.05, 0) is 30.5 Å². The zero-order valence-electron chi connectivity index (χ0n) is 20.1. The zero-order chi connectivity index (χ0) is 25.0. The minimum absolute atomic E-state index is 0.0139. The second-order valence-electron chi connectivity index (χ2n) is 8.47. The molecule has 0 amide bonds. The number of nitrogens with zero attached hydrogens (tertiary/aromatic N) is 4. The second-order valence-corrected chi connectivity index (χ2v) is 11.5. The van der Waals surface area contributed by atoms with Crippen molar-refractivity contribution in [2.45, 2.75) is 50.3 Å². The highest BCUT2D eigenvalue weighted by molar-refractivity contribution is 7.91. The van der Waals surface area contributed by atoms with Gasteiger partial charge in [-0.3, -0.25) is 4.99 Å².